The SMILES string of the molecule is CCN1C2C=C(c3csc4cccc([N+](=O)[O-])c34)CC1CC2. The van der Waals surface area contributed by atoms with Crippen LogP contribution in [-0.4, -0.2) is 28.5 Å². The van der Waals surface area contributed by atoms with Gasteiger partial charge in [-0.1, -0.05) is 19.1 Å². The monoisotopic (exact) mass is 314 g/mol. The van der Waals surface area contributed by atoms with E-state index in [1.807, 2.05) is 6.07 Å². The molecule has 0 amide bonds. The average molecular weight is 314 g/mol. The molecule has 1 aromatic heterocycles. The van der Waals surface area contributed by atoms with Crippen molar-refractivity contribution in [3.8, 4) is 0 Å². The number of benzene rings is 1. The Morgan fingerprint density at radius 1 is 1.41 bits per heavy atom. The Balaban J connectivity index is 1.84. The van der Waals surface area contributed by atoms with E-state index in [1.54, 1.807) is 23.5 Å². The van der Waals surface area contributed by atoms with E-state index in [9.17, 15) is 10.1 Å². The molecule has 4 nitrogen and oxygen atoms in total. The number of rotatable bonds is 3. The van der Waals surface area contributed by atoms with Gasteiger partial charge in [-0.3, -0.25) is 15.0 Å². The fourth-order valence-electron chi connectivity index (χ4n) is 4.07. The molecule has 5 heteroatoms. The molecule has 0 radical (unpaired) electrons. The van der Waals surface area contributed by atoms with Crippen LogP contribution in [0.4, 0.5) is 5.69 Å². The maximum absolute atomic E-state index is 11.4. The summed E-state index contributed by atoms with van der Waals surface area (Å²) in [6, 6.07) is 6.49. The lowest BCUT2D eigenvalue weighted by molar-refractivity contribution is -0.383. The number of nitro groups is 1. The number of nitrogens with zero attached hydrogens (tertiary/aromatic N) is 2. The van der Waals surface area contributed by atoms with Gasteiger partial charge in [0.1, 0.15) is 0 Å². The lowest BCUT2D eigenvalue weighted by Crippen LogP contribution is -2.37. The first-order valence-electron chi connectivity index (χ1n) is 7.80. The van der Waals surface area contributed by atoms with E-state index in [4.69, 9.17) is 0 Å². The predicted molar refractivity (Wildman–Crippen MR) is 90.3 cm³/mol. The first kappa shape index (κ1) is 13.9. The Labute approximate surface area is 133 Å². The minimum Gasteiger partial charge on any atom is -0.294 e. The molecular formula is C17H18N2O2S. The van der Waals surface area contributed by atoms with Crippen molar-refractivity contribution in [2.75, 3.05) is 6.54 Å². The van der Waals surface area contributed by atoms with E-state index >= 15 is 0 Å². The minimum atomic E-state index is -0.255. The van der Waals surface area contributed by atoms with Gasteiger partial charge in [0.25, 0.3) is 5.69 Å². The Kier molecular flexibility index (Phi) is 3.27. The molecule has 2 atom stereocenters. The number of thiophene rings is 1. The van der Waals surface area contributed by atoms with Crippen LogP contribution in [0.1, 0.15) is 31.7 Å². The molecule has 2 aromatic rings. The molecule has 0 aliphatic carbocycles. The smallest absolute Gasteiger partial charge is 0.278 e. The molecule has 4 rings (SSSR count). The zero-order valence-electron chi connectivity index (χ0n) is 12.5. The second-order valence-corrected chi connectivity index (χ2v) is 6.99. The molecule has 3 heterocycles. The topological polar surface area (TPSA) is 46.4 Å². The number of nitro benzene ring substituents is 1. The highest BCUT2D eigenvalue weighted by Crippen LogP contribution is 2.43. The Morgan fingerprint density at radius 3 is 3.00 bits per heavy atom. The van der Waals surface area contributed by atoms with E-state index in [2.05, 4.69) is 23.3 Å². The maximum Gasteiger partial charge on any atom is 0.278 e. The van der Waals surface area contributed by atoms with Crippen LogP contribution in [0.3, 0.4) is 0 Å². The lowest BCUT2D eigenvalue weighted by Gasteiger charge is -2.32. The van der Waals surface area contributed by atoms with E-state index in [-0.39, 0.29) is 10.6 Å². The van der Waals surface area contributed by atoms with E-state index in [1.165, 1.54) is 18.4 Å². The Morgan fingerprint density at radius 2 is 2.27 bits per heavy atom. The highest BCUT2D eigenvalue weighted by atomic mass is 32.1. The summed E-state index contributed by atoms with van der Waals surface area (Å²) in [5, 5.41) is 14.3. The van der Waals surface area contributed by atoms with Crippen LogP contribution in [0.25, 0.3) is 15.7 Å². The Hall–Kier alpha value is -1.72. The van der Waals surface area contributed by atoms with Crippen LogP contribution >= 0.6 is 11.3 Å². The molecule has 1 fully saturated rings. The van der Waals surface area contributed by atoms with Gasteiger partial charge in [-0.25, -0.2) is 0 Å². The van der Waals surface area contributed by atoms with Crippen LogP contribution in [0.2, 0.25) is 0 Å². The molecule has 22 heavy (non-hydrogen) atoms. The minimum absolute atomic E-state index is 0.236. The fraction of sp³-hybridized carbons (Fsp3) is 0.412. The second-order valence-electron chi connectivity index (χ2n) is 6.08. The third-order valence-electron chi connectivity index (χ3n) is 5.02. The number of non-ortho nitro benzene ring substituents is 1. The molecule has 0 N–H and O–H groups in total. The van der Waals surface area contributed by atoms with Gasteiger partial charge in [0.2, 0.25) is 0 Å². The highest BCUT2D eigenvalue weighted by molar-refractivity contribution is 7.17. The van der Waals surface area contributed by atoms with E-state index in [0.717, 1.165) is 28.6 Å². The first-order chi connectivity index (χ1) is 10.7. The van der Waals surface area contributed by atoms with Crippen molar-refractivity contribution >= 4 is 32.7 Å². The largest absolute Gasteiger partial charge is 0.294 e. The van der Waals surface area contributed by atoms with Gasteiger partial charge in [0, 0.05) is 28.4 Å². The van der Waals surface area contributed by atoms with Crippen molar-refractivity contribution in [1.82, 2.24) is 4.90 Å². The third kappa shape index (κ3) is 2.00. The number of hydrogen-bond donors (Lipinski definition) is 0. The standard InChI is InChI=1S/C17H18N2O2S/c1-2-18-12-6-7-13(18)9-11(8-12)14-10-22-16-5-3-4-15(17(14)16)19(20)21/h3-5,8,10,12-13H,2,6-7,9H2,1H3. The summed E-state index contributed by atoms with van der Waals surface area (Å²) < 4.78 is 1.01. The predicted octanol–water partition coefficient (Wildman–Crippen LogP) is 4.45. The molecule has 2 aliphatic heterocycles. The molecule has 114 valence electrons. The quantitative estimate of drug-likeness (QED) is 0.621. The summed E-state index contributed by atoms with van der Waals surface area (Å²) >= 11 is 1.61. The highest BCUT2D eigenvalue weighted by Gasteiger charge is 2.36. The summed E-state index contributed by atoms with van der Waals surface area (Å²) in [6.07, 6.45) is 5.82. The van der Waals surface area contributed by atoms with Crippen molar-refractivity contribution in [3.63, 3.8) is 0 Å². The first-order valence-corrected chi connectivity index (χ1v) is 8.68. The van der Waals surface area contributed by atoms with Crippen LogP contribution in [0.5, 0.6) is 0 Å². The van der Waals surface area contributed by atoms with Crippen molar-refractivity contribution < 1.29 is 4.92 Å². The van der Waals surface area contributed by atoms with Gasteiger partial charge in [-0.05, 0) is 42.8 Å². The molecule has 2 bridgehead atoms. The maximum atomic E-state index is 11.4. The van der Waals surface area contributed by atoms with E-state index in [0.29, 0.717) is 12.1 Å². The number of hydrogen-bond acceptors (Lipinski definition) is 4. The van der Waals surface area contributed by atoms with E-state index < -0.39 is 0 Å². The van der Waals surface area contributed by atoms with Crippen molar-refractivity contribution in [1.29, 1.82) is 0 Å². The third-order valence-corrected chi connectivity index (χ3v) is 5.97. The summed E-state index contributed by atoms with van der Waals surface area (Å²) in [6.45, 7) is 3.30. The zero-order chi connectivity index (χ0) is 15.3. The van der Waals surface area contributed by atoms with Crippen molar-refractivity contribution in [3.05, 3.63) is 45.3 Å². The fourth-order valence-corrected chi connectivity index (χ4v) is 5.07. The lowest BCUT2D eigenvalue weighted by atomic mass is 9.94. The molecule has 0 spiro atoms. The normalized spacial score (nSPS) is 24.7. The zero-order valence-corrected chi connectivity index (χ0v) is 13.3. The van der Waals surface area contributed by atoms with Crippen LogP contribution in [0, 0.1) is 10.1 Å². The van der Waals surface area contributed by atoms with Gasteiger partial charge in [-0.2, -0.15) is 0 Å². The van der Waals surface area contributed by atoms with Gasteiger partial charge in [0.15, 0.2) is 0 Å². The second kappa shape index (κ2) is 5.18. The number of fused-ring (bicyclic) bond motifs is 3. The van der Waals surface area contributed by atoms with Gasteiger partial charge >= 0.3 is 0 Å². The summed E-state index contributed by atoms with van der Waals surface area (Å²) in [7, 11) is 0. The molecule has 2 aliphatic rings. The van der Waals surface area contributed by atoms with Crippen LogP contribution in [-0.2, 0) is 0 Å². The number of likely N-dealkylation sites (N-methyl/N-ethyl adjacent to an activating group) is 1. The molecule has 1 saturated heterocycles. The summed E-state index contributed by atoms with van der Waals surface area (Å²) in [4.78, 5) is 13.7. The summed E-state index contributed by atoms with van der Waals surface area (Å²) in [5.41, 5.74) is 2.62. The molecule has 2 unspecified atom stereocenters. The molecule has 0 saturated carbocycles. The summed E-state index contributed by atoms with van der Waals surface area (Å²) in [5.74, 6) is 0. The van der Waals surface area contributed by atoms with Crippen LogP contribution in [0.15, 0.2) is 29.7 Å². The molecular weight excluding hydrogens is 296 g/mol. The van der Waals surface area contributed by atoms with Gasteiger partial charge in [0.05, 0.1) is 10.3 Å². The van der Waals surface area contributed by atoms with Gasteiger partial charge in [-0.15, -0.1) is 11.3 Å². The molecule has 1 aromatic carbocycles. The van der Waals surface area contributed by atoms with Gasteiger partial charge < -0.3 is 0 Å². The van der Waals surface area contributed by atoms with Crippen molar-refractivity contribution in [2.45, 2.75) is 38.3 Å². The Bertz CT molecular complexity index is 780. The van der Waals surface area contributed by atoms with Crippen LogP contribution < -0.4 is 0 Å². The van der Waals surface area contributed by atoms with Crippen molar-refractivity contribution in [2.24, 2.45) is 0 Å². The average Bonchev–Trinajstić information content (AvgIpc) is 3.05.